The lowest BCUT2D eigenvalue weighted by Gasteiger charge is -2.19. The summed E-state index contributed by atoms with van der Waals surface area (Å²) in [5.41, 5.74) is 1.65. The van der Waals surface area contributed by atoms with E-state index in [-0.39, 0.29) is 11.2 Å². The summed E-state index contributed by atoms with van der Waals surface area (Å²) in [6.07, 6.45) is 2.69. The third-order valence-corrected chi connectivity index (χ3v) is 1.97. The van der Waals surface area contributed by atoms with Crippen molar-refractivity contribution >= 4 is 0 Å². The maximum absolute atomic E-state index is 13.1. The van der Waals surface area contributed by atoms with Gasteiger partial charge in [0.05, 0.1) is 0 Å². The van der Waals surface area contributed by atoms with Crippen molar-refractivity contribution in [2.24, 2.45) is 0 Å². The topological polar surface area (TPSA) is 0 Å². The van der Waals surface area contributed by atoms with Gasteiger partial charge < -0.3 is 0 Å². The Kier molecular flexibility index (Phi) is 2.55. The van der Waals surface area contributed by atoms with Crippen LogP contribution in [0.2, 0.25) is 0 Å². The number of halogens is 1. The molecular weight excluding hydrogens is 163 g/mol. The van der Waals surface area contributed by atoms with Crippen LogP contribution >= 0.6 is 0 Å². The van der Waals surface area contributed by atoms with Gasteiger partial charge in [0.2, 0.25) is 0 Å². The highest BCUT2D eigenvalue weighted by molar-refractivity contribution is 5.32. The van der Waals surface area contributed by atoms with Gasteiger partial charge in [0.15, 0.2) is 0 Å². The first kappa shape index (κ1) is 9.97. The first-order valence-electron chi connectivity index (χ1n) is 4.27. The van der Waals surface area contributed by atoms with E-state index in [9.17, 15) is 4.39 Å². The Hall–Kier alpha value is -1.11. The maximum Gasteiger partial charge on any atom is 0.124 e. The summed E-state index contributed by atoms with van der Waals surface area (Å²) in [6.45, 7) is 9.65. The van der Waals surface area contributed by atoms with Crippen molar-refractivity contribution in [3.63, 3.8) is 0 Å². The van der Waals surface area contributed by atoms with Crippen LogP contribution in [-0.2, 0) is 5.41 Å². The van der Waals surface area contributed by atoms with E-state index in [0.717, 1.165) is 5.56 Å². The molecule has 0 aromatic heterocycles. The van der Waals surface area contributed by atoms with Crippen molar-refractivity contribution in [2.45, 2.75) is 26.2 Å². The molecule has 0 aliphatic carbocycles. The first-order valence-corrected chi connectivity index (χ1v) is 4.27. The lowest BCUT2D eigenvalue weighted by molar-refractivity contribution is 0.571. The highest BCUT2D eigenvalue weighted by atomic mass is 19.1. The Morgan fingerprint density at radius 3 is 2.31 bits per heavy atom. The minimum atomic E-state index is -0.224. The van der Waals surface area contributed by atoms with Crippen LogP contribution in [0.25, 0.3) is 0 Å². The Bertz CT molecular complexity index is 318. The summed E-state index contributed by atoms with van der Waals surface area (Å²) in [5, 5.41) is 0. The van der Waals surface area contributed by atoms with E-state index in [2.05, 4.69) is 33.4 Å². The highest BCUT2D eigenvalue weighted by Gasteiger charge is 2.14. The Labute approximate surface area is 79.1 Å². The second-order valence-electron chi connectivity index (χ2n) is 4.16. The SMILES string of the molecule is C=[C]c1cc(F)cc(C(C)(C)C)c1. The molecule has 0 atom stereocenters. The van der Waals surface area contributed by atoms with E-state index >= 15 is 0 Å². The van der Waals surface area contributed by atoms with Crippen LogP contribution in [0, 0.1) is 11.9 Å². The molecule has 0 bridgehead atoms. The van der Waals surface area contributed by atoms with E-state index in [1.807, 2.05) is 6.07 Å². The molecule has 1 rings (SSSR count). The molecule has 1 heteroatoms. The third-order valence-electron chi connectivity index (χ3n) is 1.97. The monoisotopic (exact) mass is 177 g/mol. The van der Waals surface area contributed by atoms with Crippen LogP contribution in [0.15, 0.2) is 24.8 Å². The van der Waals surface area contributed by atoms with Crippen molar-refractivity contribution in [3.05, 3.63) is 47.8 Å². The molecule has 1 aromatic carbocycles. The molecule has 69 valence electrons. The van der Waals surface area contributed by atoms with Gasteiger partial charge in [-0.3, -0.25) is 0 Å². The van der Waals surface area contributed by atoms with Gasteiger partial charge in [0.1, 0.15) is 5.82 Å². The largest absolute Gasteiger partial charge is 0.207 e. The smallest absolute Gasteiger partial charge is 0.124 e. The van der Waals surface area contributed by atoms with Crippen LogP contribution in [0.4, 0.5) is 4.39 Å². The molecule has 0 N–H and O–H groups in total. The normalized spacial score (nSPS) is 11.4. The van der Waals surface area contributed by atoms with Gasteiger partial charge in [-0.05, 0) is 34.8 Å². The van der Waals surface area contributed by atoms with E-state index in [1.165, 1.54) is 6.07 Å². The lowest BCUT2D eigenvalue weighted by atomic mass is 9.86. The second-order valence-corrected chi connectivity index (χ2v) is 4.16. The van der Waals surface area contributed by atoms with Crippen molar-refractivity contribution in [2.75, 3.05) is 0 Å². The van der Waals surface area contributed by atoms with E-state index in [1.54, 1.807) is 6.07 Å². The zero-order valence-corrected chi connectivity index (χ0v) is 8.32. The van der Waals surface area contributed by atoms with Crippen LogP contribution in [0.1, 0.15) is 31.9 Å². The molecule has 0 aliphatic heterocycles. The van der Waals surface area contributed by atoms with E-state index in [4.69, 9.17) is 0 Å². The van der Waals surface area contributed by atoms with E-state index < -0.39 is 0 Å². The molecule has 0 unspecified atom stereocenters. The molecule has 13 heavy (non-hydrogen) atoms. The van der Waals surface area contributed by atoms with Crippen molar-refractivity contribution < 1.29 is 4.39 Å². The molecule has 0 nitrogen and oxygen atoms in total. The molecule has 0 heterocycles. The summed E-state index contributed by atoms with van der Waals surface area (Å²) in [6, 6.07) is 4.90. The highest BCUT2D eigenvalue weighted by Crippen LogP contribution is 2.24. The number of rotatable bonds is 1. The van der Waals surface area contributed by atoms with Crippen molar-refractivity contribution in [3.8, 4) is 0 Å². The van der Waals surface area contributed by atoms with Crippen LogP contribution in [0.5, 0.6) is 0 Å². The first-order chi connectivity index (χ1) is 5.93. The number of hydrogen-bond acceptors (Lipinski definition) is 0. The Morgan fingerprint density at radius 2 is 1.85 bits per heavy atom. The van der Waals surface area contributed by atoms with Crippen LogP contribution in [0.3, 0.4) is 0 Å². The van der Waals surface area contributed by atoms with Crippen molar-refractivity contribution in [1.82, 2.24) is 0 Å². The molecule has 0 saturated carbocycles. The summed E-state index contributed by atoms with van der Waals surface area (Å²) in [5.74, 6) is -0.224. The minimum Gasteiger partial charge on any atom is -0.207 e. The standard InChI is InChI=1S/C12H14F/c1-5-9-6-10(12(2,3)4)8-11(13)7-9/h6-8H,1H2,2-4H3. The molecule has 0 fully saturated rings. The van der Waals surface area contributed by atoms with E-state index in [0.29, 0.717) is 5.56 Å². The summed E-state index contributed by atoms with van der Waals surface area (Å²) >= 11 is 0. The lowest BCUT2D eigenvalue weighted by Crippen LogP contribution is -2.11. The second kappa shape index (κ2) is 3.33. The molecular formula is C12H14F. The van der Waals surface area contributed by atoms with Gasteiger partial charge in [0.25, 0.3) is 0 Å². The van der Waals surface area contributed by atoms with Gasteiger partial charge in [0, 0.05) is 0 Å². The predicted octanol–water partition coefficient (Wildman–Crippen LogP) is 3.46. The average molecular weight is 177 g/mol. The molecule has 1 aromatic rings. The third kappa shape index (κ3) is 2.41. The summed E-state index contributed by atoms with van der Waals surface area (Å²) < 4.78 is 13.1. The van der Waals surface area contributed by atoms with Crippen LogP contribution in [-0.4, -0.2) is 0 Å². The predicted molar refractivity (Wildman–Crippen MR) is 53.1 cm³/mol. The average Bonchev–Trinajstić information content (AvgIpc) is 2.01. The van der Waals surface area contributed by atoms with Gasteiger partial charge in [-0.1, -0.05) is 33.4 Å². The van der Waals surface area contributed by atoms with Gasteiger partial charge in [-0.15, -0.1) is 0 Å². The number of benzene rings is 1. The Balaban J connectivity index is 3.24. The van der Waals surface area contributed by atoms with Gasteiger partial charge >= 0.3 is 0 Å². The molecule has 0 amide bonds. The minimum absolute atomic E-state index is 0.0340. The fourth-order valence-corrected chi connectivity index (χ4v) is 1.12. The quantitative estimate of drug-likeness (QED) is 0.616. The molecule has 0 saturated heterocycles. The summed E-state index contributed by atoms with van der Waals surface area (Å²) in [4.78, 5) is 0. The van der Waals surface area contributed by atoms with Gasteiger partial charge in [-0.25, -0.2) is 4.39 Å². The zero-order chi connectivity index (χ0) is 10.1. The van der Waals surface area contributed by atoms with Gasteiger partial charge in [-0.2, -0.15) is 0 Å². The number of hydrogen-bond donors (Lipinski definition) is 0. The molecule has 1 radical (unpaired) electrons. The maximum atomic E-state index is 13.1. The fraction of sp³-hybridized carbons (Fsp3) is 0.333. The molecule has 0 aliphatic rings. The Morgan fingerprint density at radius 1 is 1.23 bits per heavy atom. The van der Waals surface area contributed by atoms with Crippen LogP contribution < -0.4 is 0 Å². The van der Waals surface area contributed by atoms with Crippen molar-refractivity contribution in [1.29, 1.82) is 0 Å². The fourth-order valence-electron chi connectivity index (χ4n) is 1.12. The zero-order valence-electron chi connectivity index (χ0n) is 8.32. The summed E-state index contributed by atoms with van der Waals surface area (Å²) in [7, 11) is 0. The molecule has 0 spiro atoms.